The molecule has 4 N–H and O–H groups in total. The molecule has 1 aliphatic rings. The molecule has 67 heavy (non-hydrogen) atoms. The number of benzene rings is 3. The normalized spacial score (nSPS) is 12.2. The number of anilines is 2. The minimum absolute atomic E-state index is 0.0591. The lowest BCUT2D eigenvalue weighted by molar-refractivity contribution is -0.384. The summed E-state index contributed by atoms with van der Waals surface area (Å²) in [5, 5.41) is 19.5. The van der Waals surface area contributed by atoms with Crippen molar-refractivity contribution in [2.45, 2.75) is 103 Å². The Morgan fingerprint density at radius 3 is 2.01 bits per heavy atom. The van der Waals surface area contributed by atoms with Crippen LogP contribution in [-0.4, -0.2) is 108 Å². The van der Waals surface area contributed by atoms with Crippen molar-refractivity contribution < 1.29 is 47.8 Å². The van der Waals surface area contributed by atoms with Crippen LogP contribution < -0.4 is 20.9 Å². The van der Waals surface area contributed by atoms with Gasteiger partial charge in [-0.15, -0.1) is 0 Å². The number of nitrogens with one attached hydrogen (secondary N) is 3. The summed E-state index contributed by atoms with van der Waals surface area (Å²) in [6, 6.07) is 20.1. The highest BCUT2D eigenvalue weighted by Crippen LogP contribution is 2.40. The first-order valence-corrected chi connectivity index (χ1v) is 26.2. The second kappa shape index (κ2) is 28.6. The fourth-order valence-electron chi connectivity index (χ4n) is 6.90. The molecule has 0 atom stereocenters. The van der Waals surface area contributed by atoms with Crippen molar-refractivity contribution in [1.82, 2.24) is 10.6 Å². The monoisotopic (exact) mass is 943 g/mol. The van der Waals surface area contributed by atoms with E-state index in [1.807, 2.05) is 80.4 Å². The number of carbonyl (C=O) groups excluding carboxylic acids is 4. The third-order valence-corrected chi connectivity index (χ3v) is 15.3. The number of hydrogen-bond acceptors (Lipinski definition) is 11. The molecule has 4 rings (SSSR count). The zero-order chi connectivity index (χ0) is 48.5. The van der Waals surface area contributed by atoms with Crippen LogP contribution in [0.5, 0.6) is 0 Å². The first kappa shape index (κ1) is 54.1. The number of unbranched alkanes of at least 4 members (excludes halogenated alkanes) is 2. The molecule has 1 heterocycles. The standard InChI is InChI=1S/C50H69N5O11Si/c1-50(2,67(3,4)62)26-24-40-22-23-43(55(60)61)37-44(40)53-48(58)18-12-17-46(56)52-28-30-64-32-34-66-36-35-65-33-31-63-29-25-47(57)51-27-11-5-6-19-49(59)54-38-42-15-8-7-13-39(42)20-21-41-14-9-10-16-45(41)54/h7-10,13-16,22-23,37,62H,5-6,11-12,17-19,24-36,38H2,1-4H3,(H,51,57)(H,52,56)(H,53,58). The molecule has 17 heteroatoms. The SMILES string of the molecule is CC(C)(CCc1ccc([N+](=O)[O-])cc1NC(=O)CCCC(=O)NCCOCCOCCOCCOCCC(=O)NCCCCCC(=O)N1Cc2ccccc2C#Cc2ccccc21)[Si](C)(C)O. The molecule has 0 unspecified atom stereocenters. The number of carbonyl (C=O) groups is 4. The smallest absolute Gasteiger partial charge is 0.271 e. The van der Waals surface area contributed by atoms with Crippen molar-refractivity contribution >= 4 is 49.0 Å². The van der Waals surface area contributed by atoms with Gasteiger partial charge < -0.3 is 44.6 Å². The van der Waals surface area contributed by atoms with Crippen molar-refractivity contribution in [3.8, 4) is 11.8 Å². The predicted molar refractivity (Wildman–Crippen MR) is 260 cm³/mol. The predicted octanol–water partition coefficient (Wildman–Crippen LogP) is 6.81. The van der Waals surface area contributed by atoms with Gasteiger partial charge in [-0.05, 0) is 79.6 Å². The van der Waals surface area contributed by atoms with E-state index in [0.29, 0.717) is 97.3 Å². The molecule has 0 bridgehead atoms. The molecule has 0 radical (unpaired) electrons. The highest BCUT2D eigenvalue weighted by Gasteiger charge is 2.37. The zero-order valence-corrected chi connectivity index (χ0v) is 40.6. The highest BCUT2D eigenvalue weighted by molar-refractivity contribution is 6.72. The van der Waals surface area contributed by atoms with Crippen LogP contribution in [0.2, 0.25) is 18.1 Å². The Bertz CT molecular complexity index is 2150. The van der Waals surface area contributed by atoms with Gasteiger partial charge in [-0.25, -0.2) is 0 Å². The summed E-state index contributed by atoms with van der Waals surface area (Å²) in [6.45, 7) is 11.9. The maximum absolute atomic E-state index is 13.4. The number of nitro benzene ring substituents is 1. The molecule has 0 aliphatic carbocycles. The van der Waals surface area contributed by atoms with Crippen LogP contribution in [0.25, 0.3) is 0 Å². The van der Waals surface area contributed by atoms with Crippen molar-refractivity contribution in [3.63, 3.8) is 0 Å². The Labute approximate surface area is 396 Å². The second-order valence-electron chi connectivity index (χ2n) is 17.6. The molecule has 4 amide bonds. The van der Waals surface area contributed by atoms with E-state index < -0.39 is 13.2 Å². The van der Waals surface area contributed by atoms with Crippen LogP contribution in [0.3, 0.4) is 0 Å². The van der Waals surface area contributed by atoms with Gasteiger partial charge >= 0.3 is 0 Å². The molecule has 364 valence electrons. The van der Waals surface area contributed by atoms with Crippen LogP contribution in [0.1, 0.15) is 93.9 Å². The van der Waals surface area contributed by atoms with Crippen LogP contribution in [0.15, 0.2) is 66.7 Å². The van der Waals surface area contributed by atoms with Crippen molar-refractivity contribution in [1.29, 1.82) is 0 Å². The number of ether oxygens (including phenoxy) is 4. The largest absolute Gasteiger partial charge is 0.432 e. The van der Waals surface area contributed by atoms with Gasteiger partial charge in [-0.1, -0.05) is 68.5 Å². The zero-order valence-electron chi connectivity index (χ0n) is 39.6. The van der Waals surface area contributed by atoms with E-state index in [0.717, 1.165) is 47.2 Å². The summed E-state index contributed by atoms with van der Waals surface area (Å²) in [4.78, 5) is 74.0. The average molecular weight is 944 g/mol. The van der Waals surface area contributed by atoms with Gasteiger partial charge in [0, 0.05) is 62.0 Å². The summed E-state index contributed by atoms with van der Waals surface area (Å²) in [6.07, 6.45) is 4.69. The number of aryl methyl sites for hydroxylation is 1. The quantitative estimate of drug-likeness (QED) is 0.0173. The minimum atomic E-state index is -2.46. The molecular weight excluding hydrogens is 875 g/mol. The van der Waals surface area contributed by atoms with Crippen molar-refractivity contribution in [2.75, 3.05) is 76.2 Å². The molecule has 16 nitrogen and oxygen atoms in total. The Hall–Kier alpha value is -5.48. The first-order chi connectivity index (χ1) is 32.1. The van der Waals surface area contributed by atoms with E-state index in [2.05, 4.69) is 27.8 Å². The van der Waals surface area contributed by atoms with E-state index in [1.54, 1.807) is 6.07 Å². The number of nitrogens with zero attached hydrogens (tertiary/aromatic N) is 2. The van der Waals surface area contributed by atoms with E-state index >= 15 is 0 Å². The van der Waals surface area contributed by atoms with Gasteiger partial charge in [0.05, 0.1) is 75.7 Å². The topological polar surface area (TPSA) is 208 Å². The van der Waals surface area contributed by atoms with Gasteiger partial charge in [0.25, 0.3) is 5.69 Å². The Balaban J connectivity index is 0.922. The third kappa shape index (κ3) is 19.7. The Morgan fingerprint density at radius 1 is 0.716 bits per heavy atom. The Morgan fingerprint density at radius 2 is 1.31 bits per heavy atom. The maximum Gasteiger partial charge on any atom is 0.271 e. The summed E-state index contributed by atoms with van der Waals surface area (Å²) < 4.78 is 22.0. The molecule has 0 fully saturated rings. The van der Waals surface area contributed by atoms with Crippen LogP contribution >= 0.6 is 0 Å². The third-order valence-electron chi connectivity index (χ3n) is 11.8. The van der Waals surface area contributed by atoms with E-state index in [-0.39, 0.29) is 60.2 Å². The van der Waals surface area contributed by atoms with Gasteiger partial charge in [-0.3, -0.25) is 29.3 Å². The van der Waals surface area contributed by atoms with Gasteiger partial charge in [0.2, 0.25) is 23.6 Å². The number of non-ortho nitro benzene ring substituents is 1. The molecule has 0 saturated carbocycles. The number of amides is 4. The second-order valence-corrected chi connectivity index (χ2v) is 22.0. The lowest BCUT2D eigenvalue weighted by Gasteiger charge is -2.35. The van der Waals surface area contributed by atoms with Crippen LogP contribution in [-0.2, 0) is 51.1 Å². The van der Waals surface area contributed by atoms with E-state index in [9.17, 15) is 34.1 Å². The summed E-state index contributed by atoms with van der Waals surface area (Å²) >= 11 is 0. The number of nitro groups is 1. The Kier molecular flexibility index (Phi) is 23.1. The number of hydrogen-bond donors (Lipinski definition) is 4. The molecule has 0 spiro atoms. The van der Waals surface area contributed by atoms with Gasteiger partial charge in [0.1, 0.15) is 0 Å². The van der Waals surface area contributed by atoms with Crippen LogP contribution in [0, 0.1) is 22.0 Å². The molecule has 3 aromatic rings. The first-order valence-electron chi connectivity index (χ1n) is 23.3. The van der Waals surface area contributed by atoms with Gasteiger partial charge in [0.15, 0.2) is 8.32 Å². The highest BCUT2D eigenvalue weighted by atomic mass is 28.4. The molecular formula is C50H69N5O11Si. The minimum Gasteiger partial charge on any atom is -0.432 e. The van der Waals surface area contributed by atoms with E-state index in [1.165, 1.54) is 12.1 Å². The number of fused-ring (bicyclic) bond motifs is 2. The lowest BCUT2D eigenvalue weighted by Crippen LogP contribution is -2.39. The molecule has 0 saturated heterocycles. The summed E-state index contributed by atoms with van der Waals surface area (Å²) in [5.74, 6) is 5.90. The maximum atomic E-state index is 13.4. The lowest BCUT2D eigenvalue weighted by atomic mass is 9.99. The van der Waals surface area contributed by atoms with Gasteiger partial charge in [-0.2, -0.15) is 0 Å². The number of para-hydroxylation sites is 1. The average Bonchev–Trinajstić information content (AvgIpc) is 3.28. The van der Waals surface area contributed by atoms with Crippen molar-refractivity contribution in [2.24, 2.45) is 0 Å². The fourth-order valence-corrected chi connectivity index (χ4v) is 7.64. The molecule has 3 aromatic carbocycles. The fraction of sp³-hybridized carbons (Fsp3) is 0.520. The van der Waals surface area contributed by atoms with Crippen molar-refractivity contribution in [3.05, 3.63) is 99.1 Å². The molecule has 0 aromatic heterocycles. The molecule has 1 aliphatic heterocycles. The summed E-state index contributed by atoms with van der Waals surface area (Å²) in [7, 11) is -2.46. The van der Waals surface area contributed by atoms with E-state index in [4.69, 9.17) is 18.9 Å². The van der Waals surface area contributed by atoms with Crippen LogP contribution in [0.4, 0.5) is 17.1 Å². The number of rotatable bonds is 31. The summed E-state index contributed by atoms with van der Waals surface area (Å²) in [5.41, 5.74) is 4.62.